The number of hydrogen-bond acceptors (Lipinski definition) is 8. The fraction of sp³-hybridized carbons (Fsp3) is 0.588. The summed E-state index contributed by atoms with van der Waals surface area (Å²) in [6.45, 7) is 5.94. The molecule has 166 valence electrons. The minimum Gasteiger partial charge on any atom is -0.351 e. The summed E-state index contributed by atoms with van der Waals surface area (Å²) in [5, 5.41) is 10.7. The molecule has 0 saturated carbocycles. The molecule has 3 heterocycles. The number of rotatable bonds is 8. The van der Waals surface area contributed by atoms with Crippen LogP contribution in [0.5, 0.6) is 0 Å². The van der Waals surface area contributed by atoms with E-state index in [1.807, 2.05) is 0 Å². The minimum absolute atomic E-state index is 0.0451. The Bertz CT molecular complexity index is 1140. The Morgan fingerprint density at radius 2 is 2.03 bits per heavy atom. The maximum Gasteiger partial charge on any atom is 0.244 e. The van der Waals surface area contributed by atoms with Crippen LogP contribution >= 0.6 is 11.8 Å². The molecule has 1 fully saturated rings. The Morgan fingerprint density at radius 1 is 1.33 bits per heavy atom. The van der Waals surface area contributed by atoms with Crippen LogP contribution in [0.1, 0.15) is 27.2 Å². The molecule has 0 bridgehead atoms. The number of carbonyl (C=O) groups excluding carboxylic acids is 1. The highest BCUT2D eigenvalue weighted by Gasteiger charge is 2.30. The molecular formula is C17H25N5O5S3. The number of aromatic nitrogens is 3. The second-order valence-corrected chi connectivity index (χ2v) is 12.5. The smallest absolute Gasteiger partial charge is 0.244 e. The summed E-state index contributed by atoms with van der Waals surface area (Å²) in [5.41, 5.74) is 0.463. The van der Waals surface area contributed by atoms with Gasteiger partial charge in [0.25, 0.3) is 0 Å². The molecule has 1 amide bonds. The number of sulfone groups is 1. The van der Waals surface area contributed by atoms with E-state index in [4.69, 9.17) is 0 Å². The molecule has 1 N–H and O–H groups in total. The summed E-state index contributed by atoms with van der Waals surface area (Å²) in [6.07, 6.45) is 1.87. The van der Waals surface area contributed by atoms with Crippen LogP contribution in [0.3, 0.4) is 0 Å². The normalized spacial score (nSPS) is 19.9. The van der Waals surface area contributed by atoms with Crippen LogP contribution in [0, 0.1) is 0 Å². The lowest BCUT2D eigenvalue weighted by Crippen LogP contribution is -2.40. The van der Waals surface area contributed by atoms with Gasteiger partial charge in [0.1, 0.15) is 0 Å². The second-order valence-electron chi connectivity index (χ2n) is 7.03. The maximum atomic E-state index is 12.8. The van der Waals surface area contributed by atoms with Gasteiger partial charge in [-0.05, 0) is 25.5 Å². The van der Waals surface area contributed by atoms with Gasteiger partial charge in [-0.3, -0.25) is 9.20 Å². The molecule has 0 aliphatic carbocycles. The van der Waals surface area contributed by atoms with Crippen molar-refractivity contribution in [3.05, 3.63) is 18.3 Å². The lowest BCUT2D eigenvalue weighted by atomic mass is 10.2. The molecule has 0 aromatic carbocycles. The number of pyridine rings is 1. The van der Waals surface area contributed by atoms with Gasteiger partial charge in [0.05, 0.1) is 21.7 Å². The third kappa shape index (κ3) is 4.79. The second kappa shape index (κ2) is 8.81. The van der Waals surface area contributed by atoms with Gasteiger partial charge in [-0.25, -0.2) is 16.8 Å². The van der Waals surface area contributed by atoms with E-state index in [0.29, 0.717) is 30.3 Å². The lowest BCUT2D eigenvalue weighted by Gasteiger charge is -2.18. The van der Waals surface area contributed by atoms with Crippen molar-refractivity contribution < 1.29 is 21.6 Å². The Hall–Kier alpha value is -1.70. The van der Waals surface area contributed by atoms with Crippen LogP contribution in [-0.2, 0) is 24.7 Å². The van der Waals surface area contributed by atoms with Crippen molar-refractivity contribution in [2.45, 2.75) is 48.5 Å². The van der Waals surface area contributed by atoms with E-state index in [-0.39, 0.29) is 28.4 Å². The van der Waals surface area contributed by atoms with E-state index in [0.717, 1.165) is 11.8 Å². The molecule has 1 saturated heterocycles. The molecule has 2 unspecified atom stereocenters. The standard InChI is InChI=1S/C17H25N5O5S3/c1-4-21(5-2)30(26,27)14-6-7-15-19-20-17(22(15)10-14)28-12(3)16(23)18-13-8-9-29(24,25)11-13/h6-7,10,12-13H,4-5,8-9,11H2,1-3H3,(H,18,23). The van der Waals surface area contributed by atoms with Crippen molar-refractivity contribution in [1.82, 2.24) is 24.2 Å². The molecule has 2 aromatic rings. The van der Waals surface area contributed by atoms with E-state index in [1.54, 1.807) is 31.2 Å². The molecule has 0 radical (unpaired) electrons. The number of amides is 1. The lowest BCUT2D eigenvalue weighted by molar-refractivity contribution is -0.120. The molecule has 1 aliphatic heterocycles. The van der Waals surface area contributed by atoms with Gasteiger partial charge in [-0.15, -0.1) is 10.2 Å². The molecule has 10 nitrogen and oxygen atoms in total. The van der Waals surface area contributed by atoms with Crippen molar-refractivity contribution in [2.24, 2.45) is 0 Å². The fourth-order valence-electron chi connectivity index (χ4n) is 3.23. The highest BCUT2D eigenvalue weighted by Crippen LogP contribution is 2.25. The van der Waals surface area contributed by atoms with E-state index in [2.05, 4.69) is 15.5 Å². The third-order valence-corrected chi connectivity index (χ3v) is 9.78. The number of carbonyl (C=O) groups is 1. The van der Waals surface area contributed by atoms with Gasteiger partial charge in [0, 0.05) is 25.3 Å². The molecular weight excluding hydrogens is 450 g/mol. The predicted molar refractivity (Wildman–Crippen MR) is 114 cm³/mol. The minimum atomic E-state index is -3.65. The van der Waals surface area contributed by atoms with Crippen molar-refractivity contribution in [1.29, 1.82) is 0 Å². The van der Waals surface area contributed by atoms with Crippen molar-refractivity contribution in [3.63, 3.8) is 0 Å². The third-order valence-electron chi connectivity index (χ3n) is 4.92. The Balaban J connectivity index is 1.78. The van der Waals surface area contributed by atoms with Crippen LogP contribution in [0.25, 0.3) is 5.65 Å². The maximum absolute atomic E-state index is 12.8. The highest BCUT2D eigenvalue weighted by atomic mass is 32.2. The molecule has 30 heavy (non-hydrogen) atoms. The van der Waals surface area contributed by atoms with Gasteiger partial charge in [0.2, 0.25) is 15.9 Å². The fourth-order valence-corrected chi connectivity index (χ4v) is 7.20. The van der Waals surface area contributed by atoms with E-state index in [1.165, 1.54) is 16.6 Å². The summed E-state index contributed by atoms with van der Waals surface area (Å²) in [6, 6.07) is 2.68. The molecule has 13 heteroatoms. The number of sulfonamides is 1. The highest BCUT2D eigenvalue weighted by molar-refractivity contribution is 8.00. The van der Waals surface area contributed by atoms with Crippen LogP contribution in [0.2, 0.25) is 0 Å². The number of thioether (sulfide) groups is 1. The number of nitrogens with zero attached hydrogens (tertiary/aromatic N) is 4. The molecule has 2 atom stereocenters. The Kier molecular flexibility index (Phi) is 6.75. The largest absolute Gasteiger partial charge is 0.351 e. The van der Waals surface area contributed by atoms with Crippen LogP contribution in [0.4, 0.5) is 0 Å². The first-order valence-electron chi connectivity index (χ1n) is 9.59. The van der Waals surface area contributed by atoms with Crippen LogP contribution in [-0.4, -0.2) is 77.5 Å². The van der Waals surface area contributed by atoms with Crippen molar-refractivity contribution >= 4 is 43.2 Å². The first-order chi connectivity index (χ1) is 14.1. The molecule has 3 rings (SSSR count). The Labute approximate surface area is 180 Å². The zero-order chi connectivity index (χ0) is 22.1. The van der Waals surface area contributed by atoms with Crippen LogP contribution < -0.4 is 5.32 Å². The topological polar surface area (TPSA) is 131 Å². The predicted octanol–water partition coefficient (Wildman–Crippen LogP) is 0.544. The van der Waals surface area contributed by atoms with Gasteiger partial charge < -0.3 is 5.32 Å². The van der Waals surface area contributed by atoms with E-state index < -0.39 is 25.1 Å². The van der Waals surface area contributed by atoms with Gasteiger partial charge in [-0.2, -0.15) is 4.31 Å². The zero-order valence-corrected chi connectivity index (χ0v) is 19.4. The first-order valence-corrected chi connectivity index (χ1v) is 13.7. The van der Waals surface area contributed by atoms with Crippen molar-refractivity contribution in [2.75, 3.05) is 24.6 Å². The SMILES string of the molecule is CCN(CC)S(=O)(=O)c1ccc2nnc(SC(C)C(=O)NC3CCS(=O)(=O)C3)n2c1. The average Bonchev–Trinajstić information content (AvgIpc) is 3.24. The molecule has 1 aliphatic rings. The zero-order valence-electron chi connectivity index (χ0n) is 17.0. The van der Waals surface area contributed by atoms with Crippen LogP contribution in [0.15, 0.2) is 28.4 Å². The van der Waals surface area contributed by atoms with Gasteiger partial charge in [0.15, 0.2) is 20.6 Å². The van der Waals surface area contributed by atoms with Gasteiger partial charge in [-0.1, -0.05) is 25.6 Å². The number of hydrogen-bond donors (Lipinski definition) is 1. The first kappa shape index (κ1) is 23.0. The summed E-state index contributed by atoms with van der Waals surface area (Å²) in [4.78, 5) is 12.6. The Morgan fingerprint density at radius 3 is 2.63 bits per heavy atom. The number of fused-ring (bicyclic) bond motifs is 1. The van der Waals surface area contributed by atoms with E-state index >= 15 is 0 Å². The monoisotopic (exact) mass is 475 g/mol. The average molecular weight is 476 g/mol. The molecule has 2 aromatic heterocycles. The molecule has 0 spiro atoms. The summed E-state index contributed by atoms with van der Waals surface area (Å²) in [7, 11) is -6.73. The summed E-state index contributed by atoms with van der Waals surface area (Å²) in [5.74, 6) is -0.264. The van der Waals surface area contributed by atoms with E-state index in [9.17, 15) is 21.6 Å². The van der Waals surface area contributed by atoms with Crippen molar-refractivity contribution in [3.8, 4) is 0 Å². The summed E-state index contributed by atoms with van der Waals surface area (Å²) < 4.78 is 51.6. The summed E-state index contributed by atoms with van der Waals surface area (Å²) >= 11 is 1.13. The van der Waals surface area contributed by atoms with Gasteiger partial charge >= 0.3 is 0 Å². The number of nitrogens with one attached hydrogen (secondary N) is 1. The quantitative estimate of drug-likeness (QED) is 0.548.